The van der Waals surface area contributed by atoms with E-state index >= 15 is 0 Å². The van der Waals surface area contributed by atoms with E-state index in [9.17, 15) is 14.5 Å². The third-order valence-corrected chi connectivity index (χ3v) is 3.10. The predicted molar refractivity (Wildman–Crippen MR) is 76.4 cm³/mol. The number of hydrogen-bond donors (Lipinski definition) is 0. The second-order valence-electron chi connectivity index (χ2n) is 4.13. The lowest BCUT2D eigenvalue weighted by atomic mass is 10.1. The highest BCUT2D eigenvalue weighted by atomic mass is 79.9. The van der Waals surface area contributed by atoms with Crippen molar-refractivity contribution in [3.05, 3.63) is 68.4 Å². The maximum Gasteiger partial charge on any atom is 0.269 e. The minimum atomic E-state index is -0.440. The van der Waals surface area contributed by atoms with E-state index in [4.69, 9.17) is 4.74 Å². The zero-order valence-corrected chi connectivity index (χ0v) is 12.0. The largest absolute Gasteiger partial charge is 0.493 e. The lowest BCUT2D eigenvalue weighted by Crippen LogP contribution is -2.01. The van der Waals surface area contributed by atoms with Crippen LogP contribution in [0.15, 0.2) is 46.9 Å². The van der Waals surface area contributed by atoms with Crippen molar-refractivity contribution >= 4 is 21.6 Å². The number of benzene rings is 2. The zero-order valence-electron chi connectivity index (χ0n) is 10.4. The molecule has 0 aromatic heterocycles. The molecule has 2 aromatic carbocycles. The first-order chi connectivity index (χ1) is 9.54. The lowest BCUT2D eigenvalue weighted by Gasteiger charge is -2.07. The molecular weight excluding hydrogens is 329 g/mol. The Bertz CT molecular complexity index is 596. The normalized spacial score (nSPS) is 10.3. The number of halogens is 2. The van der Waals surface area contributed by atoms with Crippen LogP contribution in [0.4, 0.5) is 10.1 Å². The van der Waals surface area contributed by atoms with Crippen molar-refractivity contribution in [2.75, 3.05) is 6.61 Å². The molecule has 0 spiro atoms. The molecule has 104 valence electrons. The van der Waals surface area contributed by atoms with Crippen molar-refractivity contribution in [3.8, 4) is 5.75 Å². The monoisotopic (exact) mass is 339 g/mol. The summed E-state index contributed by atoms with van der Waals surface area (Å²) in [4.78, 5) is 10.1. The second-order valence-corrected chi connectivity index (χ2v) is 5.04. The van der Waals surface area contributed by atoms with Gasteiger partial charge in [-0.25, -0.2) is 4.39 Å². The maximum absolute atomic E-state index is 13.1. The van der Waals surface area contributed by atoms with E-state index in [0.29, 0.717) is 23.2 Å². The molecule has 0 atom stereocenters. The van der Waals surface area contributed by atoms with Crippen molar-refractivity contribution < 1.29 is 14.1 Å². The molecule has 0 saturated heterocycles. The van der Waals surface area contributed by atoms with Crippen molar-refractivity contribution in [2.24, 2.45) is 0 Å². The van der Waals surface area contributed by atoms with Crippen molar-refractivity contribution in [1.82, 2.24) is 0 Å². The topological polar surface area (TPSA) is 52.4 Å². The van der Waals surface area contributed by atoms with Crippen LogP contribution in [-0.4, -0.2) is 11.5 Å². The Kier molecular flexibility index (Phi) is 4.68. The summed E-state index contributed by atoms with van der Waals surface area (Å²) in [5.41, 5.74) is 0.981. The Morgan fingerprint density at radius 3 is 2.50 bits per heavy atom. The molecule has 0 aliphatic carbocycles. The van der Waals surface area contributed by atoms with Crippen LogP contribution in [0.5, 0.6) is 5.75 Å². The summed E-state index contributed by atoms with van der Waals surface area (Å²) in [7, 11) is 0. The number of nitro groups is 1. The summed E-state index contributed by atoms with van der Waals surface area (Å²) >= 11 is 3.19. The fourth-order valence-corrected chi connectivity index (χ4v) is 2.13. The molecule has 0 radical (unpaired) electrons. The molecule has 6 heteroatoms. The van der Waals surface area contributed by atoms with Crippen LogP contribution in [0, 0.1) is 15.9 Å². The van der Waals surface area contributed by atoms with Gasteiger partial charge in [0.2, 0.25) is 0 Å². The van der Waals surface area contributed by atoms with E-state index in [1.165, 1.54) is 24.3 Å². The molecule has 0 unspecified atom stereocenters. The van der Waals surface area contributed by atoms with Gasteiger partial charge in [0.1, 0.15) is 11.6 Å². The van der Waals surface area contributed by atoms with E-state index in [2.05, 4.69) is 15.9 Å². The van der Waals surface area contributed by atoms with Crippen molar-refractivity contribution in [3.63, 3.8) is 0 Å². The van der Waals surface area contributed by atoms with Gasteiger partial charge in [0.25, 0.3) is 5.69 Å². The minimum absolute atomic E-state index is 0.0590. The summed E-state index contributed by atoms with van der Waals surface area (Å²) in [5.74, 6) is 0.0727. The first-order valence-electron chi connectivity index (χ1n) is 5.87. The number of non-ortho nitro benzene ring substituents is 1. The Morgan fingerprint density at radius 2 is 1.90 bits per heavy atom. The summed E-state index contributed by atoms with van der Waals surface area (Å²) in [6.45, 7) is 0.369. The smallest absolute Gasteiger partial charge is 0.269 e. The van der Waals surface area contributed by atoms with Gasteiger partial charge in [-0.1, -0.05) is 28.1 Å². The van der Waals surface area contributed by atoms with Crippen LogP contribution in [0.2, 0.25) is 0 Å². The highest BCUT2D eigenvalue weighted by Gasteiger charge is 2.04. The maximum atomic E-state index is 13.1. The Morgan fingerprint density at radius 1 is 1.20 bits per heavy atom. The van der Waals surface area contributed by atoms with E-state index in [1.54, 1.807) is 18.2 Å². The molecule has 0 N–H and O–H groups in total. The van der Waals surface area contributed by atoms with Gasteiger partial charge in [0.05, 0.1) is 11.5 Å². The van der Waals surface area contributed by atoms with Crippen LogP contribution in [0.25, 0.3) is 0 Å². The lowest BCUT2D eigenvalue weighted by molar-refractivity contribution is -0.384. The fourth-order valence-electron chi connectivity index (χ4n) is 1.68. The van der Waals surface area contributed by atoms with Crippen molar-refractivity contribution in [2.45, 2.75) is 6.42 Å². The number of ether oxygens (including phenoxy) is 1. The first-order valence-corrected chi connectivity index (χ1v) is 6.66. The molecule has 0 fully saturated rings. The molecule has 0 bridgehead atoms. The van der Waals surface area contributed by atoms with Gasteiger partial charge in [-0.15, -0.1) is 0 Å². The Labute approximate surface area is 123 Å². The van der Waals surface area contributed by atoms with Gasteiger partial charge in [0, 0.05) is 29.1 Å². The van der Waals surface area contributed by atoms with Crippen molar-refractivity contribution in [1.29, 1.82) is 0 Å². The Hall–Kier alpha value is -1.95. The zero-order chi connectivity index (χ0) is 14.5. The minimum Gasteiger partial charge on any atom is -0.493 e. The van der Waals surface area contributed by atoms with E-state index in [-0.39, 0.29) is 11.5 Å². The van der Waals surface area contributed by atoms with Gasteiger partial charge >= 0.3 is 0 Å². The summed E-state index contributed by atoms with van der Waals surface area (Å²) in [5, 5.41) is 10.5. The molecule has 0 amide bonds. The average Bonchev–Trinajstić information content (AvgIpc) is 2.38. The SMILES string of the molecule is O=[N+]([O-])c1ccc(CCOc2cc(F)cc(Br)c2)cc1. The van der Waals surface area contributed by atoms with E-state index in [0.717, 1.165) is 5.56 Å². The molecule has 2 aromatic rings. The number of hydrogen-bond acceptors (Lipinski definition) is 3. The highest BCUT2D eigenvalue weighted by molar-refractivity contribution is 9.10. The van der Waals surface area contributed by atoms with Gasteiger partial charge in [0.15, 0.2) is 0 Å². The van der Waals surface area contributed by atoms with Crippen LogP contribution in [0.3, 0.4) is 0 Å². The number of nitro benzene ring substituents is 1. The summed E-state index contributed by atoms with van der Waals surface area (Å²) < 4.78 is 19.2. The van der Waals surface area contributed by atoms with E-state index < -0.39 is 4.92 Å². The third-order valence-electron chi connectivity index (χ3n) is 2.64. The van der Waals surface area contributed by atoms with Crippen LogP contribution >= 0.6 is 15.9 Å². The summed E-state index contributed by atoms with van der Waals surface area (Å²) in [6, 6.07) is 10.6. The third kappa shape index (κ3) is 4.03. The molecule has 0 saturated carbocycles. The van der Waals surface area contributed by atoms with Gasteiger partial charge in [-0.2, -0.15) is 0 Å². The standard InChI is InChI=1S/C14H11BrFNO3/c15-11-7-12(16)9-14(8-11)20-6-5-10-1-3-13(4-2-10)17(18)19/h1-4,7-9H,5-6H2. The molecule has 4 nitrogen and oxygen atoms in total. The fraction of sp³-hybridized carbons (Fsp3) is 0.143. The van der Waals surface area contributed by atoms with E-state index in [1.807, 2.05) is 0 Å². The predicted octanol–water partition coefficient (Wildman–Crippen LogP) is 4.12. The average molecular weight is 340 g/mol. The quantitative estimate of drug-likeness (QED) is 0.608. The molecule has 0 aliphatic heterocycles. The van der Waals surface area contributed by atoms with Gasteiger partial charge in [-0.3, -0.25) is 10.1 Å². The second kappa shape index (κ2) is 6.47. The van der Waals surface area contributed by atoms with Crippen LogP contribution in [0.1, 0.15) is 5.56 Å². The van der Waals surface area contributed by atoms with Gasteiger partial charge in [-0.05, 0) is 17.7 Å². The molecule has 20 heavy (non-hydrogen) atoms. The summed E-state index contributed by atoms with van der Waals surface area (Å²) in [6.07, 6.45) is 0.589. The molecule has 0 heterocycles. The number of rotatable bonds is 5. The number of nitrogens with zero attached hydrogens (tertiary/aromatic N) is 1. The molecule has 2 rings (SSSR count). The van der Waals surface area contributed by atoms with Crippen LogP contribution < -0.4 is 4.74 Å². The highest BCUT2D eigenvalue weighted by Crippen LogP contribution is 2.21. The Balaban J connectivity index is 1.90. The first kappa shape index (κ1) is 14.5. The van der Waals surface area contributed by atoms with Gasteiger partial charge < -0.3 is 4.74 Å². The molecular formula is C14H11BrFNO3. The molecule has 0 aliphatic rings. The van der Waals surface area contributed by atoms with Crippen LogP contribution in [-0.2, 0) is 6.42 Å².